The van der Waals surface area contributed by atoms with E-state index in [1.807, 2.05) is 0 Å². The fourth-order valence-corrected chi connectivity index (χ4v) is 0.150. The van der Waals surface area contributed by atoms with Crippen LogP contribution >= 0.6 is 0 Å². The van der Waals surface area contributed by atoms with Gasteiger partial charge in [-0.25, -0.2) is 0 Å². The number of hydrogen-bond donors (Lipinski definition) is 3. The average Bonchev–Trinajstić information content (AvgIpc) is 1.87. The van der Waals surface area contributed by atoms with Crippen molar-refractivity contribution in [3.05, 3.63) is 0 Å². The van der Waals surface area contributed by atoms with E-state index in [0.29, 0.717) is 0 Å². The molecule has 0 heterocycles. The van der Waals surface area contributed by atoms with Crippen LogP contribution < -0.4 is 0 Å². The largest absolute Gasteiger partial charge is 0.412 e. The van der Waals surface area contributed by atoms with E-state index in [0.717, 1.165) is 0 Å². The third-order valence-corrected chi connectivity index (χ3v) is 1.15. The minimum Gasteiger partial charge on any atom is -0.412 e. The Balaban J connectivity index is -0.000000245. The van der Waals surface area contributed by atoms with Crippen molar-refractivity contribution in [3.8, 4) is 0 Å². The highest BCUT2D eigenvalue weighted by atomic mass is 16.3. The molecule has 0 aromatic carbocycles. The molecule has 0 aliphatic heterocycles. The van der Waals surface area contributed by atoms with Crippen molar-refractivity contribution in [1.82, 2.24) is 0 Å². The fourth-order valence-electron chi connectivity index (χ4n) is 0.150. The van der Waals surface area contributed by atoms with Crippen LogP contribution in [-0.4, -0.2) is 46.1 Å². The normalized spacial score (nSPS) is 9.60. The number of rotatable bonds is 3. The van der Waals surface area contributed by atoms with Crippen molar-refractivity contribution >= 4 is 0 Å². The van der Waals surface area contributed by atoms with Crippen LogP contribution in [0.5, 0.6) is 0 Å². The van der Waals surface area contributed by atoms with Crippen LogP contribution in [0.25, 0.3) is 0 Å². The van der Waals surface area contributed by atoms with Crippen molar-refractivity contribution in [3.63, 3.8) is 0 Å². The molecule has 7 N–H and O–H groups in total. The molecule has 5 heteroatoms. The van der Waals surface area contributed by atoms with Crippen LogP contribution in [0.4, 0.5) is 0 Å². The molecule has 0 bridgehead atoms. The van der Waals surface area contributed by atoms with Gasteiger partial charge in [-0.2, -0.15) is 0 Å². The van der Waals surface area contributed by atoms with Gasteiger partial charge in [0, 0.05) is 5.41 Å². The van der Waals surface area contributed by atoms with E-state index in [1.54, 1.807) is 6.92 Å². The van der Waals surface area contributed by atoms with E-state index >= 15 is 0 Å². The summed E-state index contributed by atoms with van der Waals surface area (Å²) in [6.45, 7) is 1.06. The van der Waals surface area contributed by atoms with Gasteiger partial charge >= 0.3 is 0 Å². The highest BCUT2D eigenvalue weighted by Gasteiger charge is 2.20. The van der Waals surface area contributed by atoms with Gasteiger partial charge in [0.05, 0.1) is 19.8 Å². The maximum atomic E-state index is 8.47. The molecule has 0 atom stereocenters. The van der Waals surface area contributed by atoms with E-state index < -0.39 is 5.41 Å². The molecular formula is C5H16O5. The van der Waals surface area contributed by atoms with Crippen LogP contribution in [0.3, 0.4) is 0 Å². The van der Waals surface area contributed by atoms with Gasteiger partial charge in [0.25, 0.3) is 0 Å². The lowest BCUT2D eigenvalue weighted by molar-refractivity contribution is 0.0200. The Morgan fingerprint density at radius 2 is 1.10 bits per heavy atom. The molecule has 0 aromatic rings. The van der Waals surface area contributed by atoms with E-state index in [9.17, 15) is 0 Å². The maximum absolute atomic E-state index is 8.47. The Kier molecular flexibility index (Phi) is 11.3. The van der Waals surface area contributed by atoms with Crippen LogP contribution in [0.15, 0.2) is 0 Å². The standard InChI is InChI=1S/C5H12O3.2H2O/c1-5(2-6,3-7)4-8;;/h6-8H,2-4H2,1H3;2*1H2. The van der Waals surface area contributed by atoms with Crippen LogP contribution in [0, 0.1) is 5.41 Å². The average molecular weight is 156 g/mol. The smallest absolute Gasteiger partial charge is 0.0528 e. The van der Waals surface area contributed by atoms with Gasteiger partial charge in [0.1, 0.15) is 0 Å². The Morgan fingerprint density at radius 3 is 1.10 bits per heavy atom. The zero-order valence-electron chi connectivity index (χ0n) is 5.96. The van der Waals surface area contributed by atoms with Crippen molar-refractivity contribution in [1.29, 1.82) is 0 Å². The first-order chi connectivity index (χ1) is 3.68. The Hall–Kier alpha value is -0.200. The van der Waals surface area contributed by atoms with Crippen molar-refractivity contribution in [2.45, 2.75) is 6.92 Å². The first-order valence-electron chi connectivity index (χ1n) is 2.51. The lowest BCUT2D eigenvalue weighted by Crippen LogP contribution is -2.29. The second-order valence-corrected chi connectivity index (χ2v) is 2.29. The summed E-state index contributed by atoms with van der Waals surface area (Å²) in [5, 5.41) is 25.4. The van der Waals surface area contributed by atoms with Crippen molar-refractivity contribution in [2.75, 3.05) is 19.8 Å². The zero-order chi connectivity index (χ0) is 6.62. The summed E-state index contributed by atoms with van der Waals surface area (Å²) in [4.78, 5) is 0. The summed E-state index contributed by atoms with van der Waals surface area (Å²) in [6.07, 6.45) is 0. The Bertz CT molecular complexity index is 52.8. The molecule has 0 fully saturated rings. The zero-order valence-corrected chi connectivity index (χ0v) is 5.96. The van der Waals surface area contributed by atoms with Crippen LogP contribution in [0.2, 0.25) is 0 Å². The van der Waals surface area contributed by atoms with E-state index in [1.165, 1.54) is 0 Å². The monoisotopic (exact) mass is 156 g/mol. The molecule has 0 saturated heterocycles. The third-order valence-electron chi connectivity index (χ3n) is 1.15. The van der Waals surface area contributed by atoms with Gasteiger partial charge < -0.3 is 26.3 Å². The summed E-state index contributed by atoms with van der Waals surface area (Å²) >= 11 is 0. The highest BCUT2D eigenvalue weighted by molar-refractivity contribution is 4.69. The maximum Gasteiger partial charge on any atom is 0.0528 e. The van der Waals surface area contributed by atoms with Gasteiger partial charge in [-0.05, 0) is 0 Å². The molecule has 66 valence electrons. The molecule has 0 unspecified atom stereocenters. The van der Waals surface area contributed by atoms with E-state index in [2.05, 4.69) is 0 Å². The summed E-state index contributed by atoms with van der Waals surface area (Å²) in [6, 6.07) is 0. The van der Waals surface area contributed by atoms with Gasteiger partial charge in [-0.3, -0.25) is 0 Å². The van der Waals surface area contributed by atoms with Gasteiger partial charge in [-0.1, -0.05) is 6.92 Å². The van der Waals surface area contributed by atoms with Crippen LogP contribution in [-0.2, 0) is 0 Å². The van der Waals surface area contributed by atoms with Gasteiger partial charge in [0.2, 0.25) is 0 Å². The minimum atomic E-state index is -0.708. The highest BCUT2D eigenvalue weighted by Crippen LogP contribution is 2.10. The van der Waals surface area contributed by atoms with E-state index in [4.69, 9.17) is 15.3 Å². The number of aliphatic hydroxyl groups is 3. The molecule has 5 nitrogen and oxygen atoms in total. The van der Waals surface area contributed by atoms with Gasteiger partial charge in [-0.15, -0.1) is 0 Å². The summed E-state index contributed by atoms with van der Waals surface area (Å²) in [7, 11) is 0. The van der Waals surface area contributed by atoms with Crippen LogP contribution in [0.1, 0.15) is 6.92 Å². The second kappa shape index (κ2) is 6.91. The Morgan fingerprint density at radius 1 is 0.900 bits per heavy atom. The summed E-state index contributed by atoms with van der Waals surface area (Å²) < 4.78 is 0. The molecular weight excluding hydrogens is 140 g/mol. The molecule has 0 aromatic heterocycles. The van der Waals surface area contributed by atoms with Crippen molar-refractivity contribution in [2.24, 2.45) is 5.41 Å². The first kappa shape index (κ1) is 16.4. The molecule has 0 aliphatic rings. The SMILES string of the molecule is CC(CO)(CO)CO.O.O. The fraction of sp³-hybridized carbons (Fsp3) is 1.00. The Labute approximate surface area is 59.5 Å². The number of aliphatic hydroxyl groups excluding tert-OH is 3. The summed E-state index contributed by atoms with van der Waals surface area (Å²) in [5.41, 5.74) is -0.708. The second-order valence-electron chi connectivity index (χ2n) is 2.29. The molecule has 0 aliphatic carbocycles. The molecule has 0 amide bonds. The molecule has 10 heavy (non-hydrogen) atoms. The summed E-state index contributed by atoms with van der Waals surface area (Å²) in [5.74, 6) is 0. The topological polar surface area (TPSA) is 124 Å². The third kappa shape index (κ3) is 4.66. The minimum absolute atomic E-state index is 0. The predicted molar refractivity (Wildman–Crippen MR) is 36.6 cm³/mol. The quantitative estimate of drug-likeness (QED) is 0.412. The predicted octanol–water partition coefficient (Wildman–Crippen LogP) is -2.68. The van der Waals surface area contributed by atoms with Gasteiger partial charge in [0.15, 0.2) is 0 Å². The van der Waals surface area contributed by atoms with Crippen molar-refractivity contribution < 1.29 is 26.3 Å². The number of hydrogen-bond acceptors (Lipinski definition) is 3. The lowest BCUT2D eigenvalue weighted by Gasteiger charge is -2.20. The molecule has 0 spiro atoms. The molecule has 0 rings (SSSR count). The first-order valence-corrected chi connectivity index (χ1v) is 2.51. The molecule has 0 saturated carbocycles. The molecule has 0 radical (unpaired) electrons. The lowest BCUT2D eigenvalue weighted by atomic mass is 9.95. The van der Waals surface area contributed by atoms with E-state index in [-0.39, 0.29) is 30.8 Å².